The minimum atomic E-state index is -0.152. The molecule has 2 nitrogen and oxygen atoms in total. The molecule has 0 aromatic rings. The SMILES string of the molecule is CCC=CCC=CCC=CCC=CCC=CCCC(=O)OC. The topological polar surface area (TPSA) is 26.3 Å². The van der Waals surface area contributed by atoms with Gasteiger partial charge >= 0.3 is 5.97 Å². The van der Waals surface area contributed by atoms with E-state index in [9.17, 15) is 4.79 Å². The predicted octanol–water partition coefficient (Wildman–Crippen LogP) is 5.69. The van der Waals surface area contributed by atoms with E-state index < -0.39 is 0 Å². The molecule has 2 heteroatoms. The van der Waals surface area contributed by atoms with E-state index in [1.807, 2.05) is 6.08 Å². The highest BCUT2D eigenvalue weighted by Gasteiger charge is 1.94. The van der Waals surface area contributed by atoms with Gasteiger partial charge < -0.3 is 4.74 Å². The van der Waals surface area contributed by atoms with E-state index in [2.05, 4.69) is 66.3 Å². The Labute approximate surface area is 136 Å². The number of carbonyl (C=O) groups is 1. The lowest BCUT2D eigenvalue weighted by Gasteiger charge is -1.93. The molecule has 122 valence electrons. The van der Waals surface area contributed by atoms with E-state index in [1.165, 1.54) is 7.11 Å². The first-order chi connectivity index (χ1) is 10.8. The molecule has 0 aliphatic heterocycles. The maximum Gasteiger partial charge on any atom is 0.305 e. The summed E-state index contributed by atoms with van der Waals surface area (Å²) in [7, 11) is 1.42. The summed E-state index contributed by atoms with van der Waals surface area (Å²) in [6, 6.07) is 0. The van der Waals surface area contributed by atoms with E-state index >= 15 is 0 Å². The van der Waals surface area contributed by atoms with Crippen LogP contribution in [0.3, 0.4) is 0 Å². The third kappa shape index (κ3) is 16.2. The lowest BCUT2D eigenvalue weighted by molar-refractivity contribution is -0.140. The minimum absolute atomic E-state index is 0.152. The molecule has 0 aromatic heterocycles. The summed E-state index contributed by atoms with van der Waals surface area (Å²) in [6.07, 6.45) is 27.8. The lowest BCUT2D eigenvalue weighted by atomic mass is 10.2. The van der Waals surface area contributed by atoms with Crippen LogP contribution in [0.1, 0.15) is 51.9 Å². The molecule has 0 atom stereocenters. The number of hydrogen-bond acceptors (Lipinski definition) is 2. The van der Waals surface area contributed by atoms with Crippen molar-refractivity contribution < 1.29 is 9.53 Å². The zero-order chi connectivity index (χ0) is 16.3. The zero-order valence-electron chi connectivity index (χ0n) is 14.0. The number of ether oxygens (including phenoxy) is 1. The summed E-state index contributed by atoms with van der Waals surface area (Å²) in [5, 5.41) is 0. The molecule has 22 heavy (non-hydrogen) atoms. The van der Waals surface area contributed by atoms with Crippen molar-refractivity contribution in [3.05, 3.63) is 60.8 Å². The fourth-order valence-corrected chi connectivity index (χ4v) is 1.67. The molecular weight excluding hydrogens is 272 g/mol. The standard InChI is InChI=1S/C20H30O2/c1-3-4-5-6-7-8-9-10-11-12-13-14-15-16-17-18-19-20(21)22-2/h4-5,7-8,10-11,13-14,16-17H,3,6,9,12,15,18-19H2,1-2H3. The molecule has 0 unspecified atom stereocenters. The first kappa shape index (κ1) is 20.2. The van der Waals surface area contributed by atoms with Crippen LogP contribution in [-0.2, 0) is 9.53 Å². The fourth-order valence-electron chi connectivity index (χ4n) is 1.67. The summed E-state index contributed by atoms with van der Waals surface area (Å²) in [6.45, 7) is 2.15. The van der Waals surface area contributed by atoms with Gasteiger partial charge in [0.15, 0.2) is 0 Å². The van der Waals surface area contributed by atoms with Gasteiger partial charge in [-0.15, -0.1) is 0 Å². The Bertz CT molecular complexity index is 398. The van der Waals surface area contributed by atoms with Crippen LogP contribution in [-0.4, -0.2) is 13.1 Å². The number of rotatable bonds is 12. The van der Waals surface area contributed by atoms with Gasteiger partial charge in [-0.05, 0) is 38.5 Å². The van der Waals surface area contributed by atoms with E-state index in [4.69, 9.17) is 0 Å². The summed E-state index contributed by atoms with van der Waals surface area (Å²) >= 11 is 0. The molecular formula is C20H30O2. The number of methoxy groups -OCH3 is 1. The maximum absolute atomic E-state index is 10.9. The van der Waals surface area contributed by atoms with Crippen molar-refractivity contribution in [1.82, 2.24) is 0 Å². The molecule has 0 amide bonds. The first-order valence-electron chi connectivity index (χ1n) is 8.13. The van der Waals surface area contributed by atoms with Gasteiger partial charge in [0, 0.05) is 6.42 Å². The van der Waals surface area contributed by atoms with Crippen LogP contribution >= 0.6 is 0 Å². The predicted molar refractivity (Wildman–Crippen MR) is 95.7 cm³/mol. The molecule has 0 heterocycles. The average molecular weight is 302 g/mol. The lowest BCUT2D eigenvalue weighted by Crippen LogP contribution is -1.97. The van der Waals surface area contributed by atoms with Gasteiger partial charge in [0.05, 0.1) is 7.11 Å². The Morgan fingerprint density at radius 2 is 1.14 bits per heavy atom. The minimum Gasteiger partial charge on any atom is -0.469 e. The van der Waals surface area contributed by atoms with Crippen molar-refractivity contribution in [3.8, 4) is 0 Å². The zero-order valence-corrected chi connectivity index (χ0v) is 14.0. The van der Waals surface area contributed by atoms with E-state index in [0.717, 1.165) is 38.5 Å². The van der Waals surface area contributed by atoms with Gasteiger partial charge in [-0.1, -0.05) is 67.7 Å². The number of allylic oxidation sites excluding steroid dienone is 10. The van der Waals surface area contributed by atoms with Gasteiger partial charge in [-0.2, -0.15) is 0 Å². The summed E-state index contributed by atoms with van der Waals surface area (Å²) in [5.74, 6) is -0.152. The molecule has 0 N–H and O–H groups in total. The second kappa shape index (κ2) is 17.2. The van der Waals surface area contributed by atoms with Crippen molar-refractivity contribution in [2.75, 3.05) is 7.11 Å². The van der Waals surface area contributed by atoms with Crippen molar-refractivity contribution in [1.29, 1.82) is 0 Å². The highest BCUT2D eigenvalue weighted by molar-refractivity contribution is 5.69. The van der Waals surface area contributed by atoms with Crippen LogP contribution in [0.2, 0.25) is 0 Å². The average Bonchev–Trinajstić information content (AvgIpc) is 2.54. The Morgan fingerprint density at radius 3 is 1.55 bits per heavy atom. The van der Waals surface area contributed by atoms with Gasteiger partial charge in [0.2, 0.25) is 0 Å². The Morgan fingerprint density at radius 1 is 0.727 bits per heavy atom. The molecule has 0 saturated heterocycles. The van der Waals surface area contributed by atoms with Crippen LogP contribution in [0, 0.1) is 0 Å². The van der Waals surface area contributed by atoms with E-state index in [1.54, 1.807) is 0 Å². The van der Waals surface area contributed by atoms with Crippen LogP contribution < -0.4 is 0 Å². The maximum atomic E-state index is 10.9. The number of carbonyl (C=O) groups excluding carboxylic acids is 1. The van der Waals surface area contributed by atoms with Crippen molar-refractivity contribution >= 4 is 5.97 Å². The Kier molecular flexibility index (Phi) is 15.8. The molecule has 0 rings (SSSR count). The summed E-state index contributed by atoms with van der Waals surface area (Å²) < 4.78 is 4.57. The molecule has 0 spiro atoms. The number of esters is 1. The van der Waals surface area contributed by atoms with E-state index in [-0.39, 0.29) is 5.97 Å². The quantitative estimate of drug-likeness (QED) is 0.342. The second-order valence-electron chi connectivity index (χ2n) is 4.82. The monoisotopic (exact) mass is 302 g/mol. The fraction of sp³-hybridized carbons (Fsp3) is 0.450. The number of hydrogen-bond donors (Lipinski definition) is 0. The highest BCUT2D eigenvalue weighted by atomic mass is 16.5. The second-order valence-corrected chi connectivity index (χ2v) is 4.82. The van der Waals surface area contributed by atoms with Crippen LogP contribution in [0.5, 0.6) is 0 Å². The first-order valence-corrected chi connectivity index (χ1v) is 8.13. The third-order valence-corrected chi connectivity index (χ3v) is 2.90. The van der Waals surface area contributed by atoms with Crippen LogP contribution in [0.25, 0.3) is 0 Å². The summed E-state index contributed by atoms with van der Waals surface area (Å²) in [4.78, 5) is 10.9. The molecule has 0 saturated carbocycles. The van der Waals surface area contributed by atoms with Gasteiger partial charge in [0.25, 0.3) is 0 Å². The van der Waals surface area contributed by atoms with Gasteiger partial charge in [-0.3, -0.25) is 4.79 Å². The largest absolute Gasteiger partial charge is 0.469 e. The molecule has 0 radical (unpaired) electrons. The molecule has 0 aliphatic rings. The van der Waals surface area contributed by atoms with Crippen molar-refractivity contribution in [2.45, 2.75) is 51.9 Å². The molecule has 0 aromatic carbocycles. The van der Waals surface area contributed by atoms with Gasteiger partial charge in [-0.25, -0.2) is 0 Å². The van der Waals surface area contributed by atoms with Gasteiger partial charge in [0.1, 0.15) is 0 Å². The van der Waals surface area contributed by atoms with Crippen LogP contribution in [0.15, 0.2) is 60.8 Å². The van der Waals surface area contributed by atoms with E-state index in [0.29, 0.717) is 6.42 Å². The Hall–Kier alpha value is -1.83. The normalized spacial score (nSPS) is 12.6. The molecule has 0 bridgehead atoms. The van der Waals surface area contributed by atoms with Crippen LogP contribution in [0.4, 0.5) is 0 Å². The summed E-state index contributed by atoms with van der Waals surface area (Å²) in [5.41, 5.74) is 0. The third-order valence-electron chi connectivity index (χ3n) is 2.90. The Balaban J connectivity index is 3.50. The highest BCUT2D eigenvalue weighted by Crippen LogP contribution is 1.97. The molecule has 0 fully saturated rings. The molecule has 0 aliphatic carbocycles. The van der Waals surface area contributed by atoms with Crippen molar-refractivity contribution in [3.63, 3.8) is 0 Å². The van der Waals surface area contributed by atoms with Crippen molar-refractivity contribution in [2.24, 2.45) is 0 Å². The smallest absolute Gasteiger partial charge is 0.305 e.